The Morgan fingerprint density at radius 2 is 2.26 bits per heavy atom. The van der Waals surface area contributed by atoms with E-state index in [9.17, 15) is 4.79 Å². The summed E-state index contributed by atoms with van der Waals surface area (Å²) >= 11 is 0. The van der Waals surface area contributed by atoms with Crippen LogP contribution in [0.15, 0.2) is 41.3 Å². The number of fused-ring (bicyclic) bond motifs is 1. The first kappa shape index (κ1) is 11.5. The van der Waals surface area contributed by atoms with E-state index < -0.39 is 0 Å². The van der Waals surface area contributed by atoms with Gasteiger partial charge >= 0.3 is 5.97 Å². The fourth-order valence-corrected chi connectivity index (χ4v) is 1.95. The Hall–Kier alpha value is -2.63. The standard InChI is InChI=1S/C13H11N3O3/c1-18-12(17)7-16-10-5-3-2-4-9(10)13(15-16)11-6-14-8-19-11/h2-6,8H,7H2,1H3. The number of hydrogen-bond acceptors (Lipinski definition) is 5. The van der Waals surface area contributed by atoms with Crippen molar-refractivity contribution in [3.63, 3.8) is 0 Å². The number of carbonyl (C=O) groups is 1. The Morgan fingerprint density at radius 3 is 3.00 bits per heavy atom. The van der Waals surface area contributed by atoms with Crippen LogP contribution in [-0.4, -0.2) is 27.8 Å². The van der Waals surface area contributed by atoms with Crippen LogP contribution in [0.4, 0.5) is 0 Å². The van der Waals surface area contributed by atoms with E-state index >= 15 is 0 Å². The summed E-state index contributed by atoms with van der Waals surface area (Å²) in [5.74, 6) is 0.220. The van der Waals surface area contributed by atoms with Crippen LogP contribution in [0.25, 0.3) is 22.4 Å². The third kappa shape index (κ3) is 1.97. The number of benzene rings is 1. The zero-order valence-electron chi connectivity index (χ0n) is 10.2. The fraction of sp³-hybridized carbons (Fsp3) is 0.154. The second-order valence-electron chi connectivity index (χ2n) is 3.97. The zero-order valence-corrected chi connectivity index (χ0v) is 10.2. The molecule has 0 N–H and O–H groups in total. The monoisotopic (exact) mass is 257 g/mol. The van der Waals surface area contributed by atoms with E-state index in [-0.39, 0.29) is 12.5 Å². The van der Waals surface area contributed by atoms with Crippen molar-refractivity contribution in [3.8, 4) is 11.5 Å². The molecule has 2 aromatic heterocycles. The number of nitrogens with zero attached hydrogens (tertiary/aromatic N) is 3. The first-order chi connectivity index (χ1) is 9.29. The van der Waals surface area contributed by atoms with Crippen LogP contribution < -0.4 is 0 Å². The highest BCUT2D eigenvalue weighted by molar-refractivity contribution is 5.92. The lowest BCUT2D eigenvalue weighted by molar-refractivity contribution is -0.141. The molecule has 0 unspecified atom stereocenters. The number of para-hydroxylation sites is 1. The molecule has 1 aromatic carbocycles. The van der Waals surface area contributed by atoms with Gasteiger partial charge in [-0.15, -0.1) is 0 Å². The van der Waals surface area contributed by atoms with Gasteiger partial charge in [0.2, 0.25) is 0 Å². The first-order valence-electron chi connectivity index (χ1n) is 5.71. The van der Waals surface area contributed by atoms with E-state index in [1.165, 1.54) is 13.5 Å². The summed E-state index contributed by atoms with van der Waals surface area (Å²) in [7, 11) is 1.35. The molecule has 19 heavy (non-hydrogen) atoms. The molecule has 0 amide bonds. The van der Waals surface area contributed by atoms with Gasteiger partial charge in [-0.3, -0.25) is 9.48 Å². The van der Waals surface area contributed by atoms with Gasteiger partial charge in [0.1, 0.15) is 12.2 Å². The molecule has 96 valence electrons. The van der Waals surface area contributed by atoms with Crippen LogP contribution in [0, 0.1) is 0 Å². The van der Waals surface area contributed by atoms with Gasteiger partial charge < -0.3 is 9.15 Å². The van der Waals surface area contributed by atoms with Crippen molar-refractivity contribution < 1.29 is 13.9 Å². The average Bonchev–Trinajstić information content (AvgIpc) is 3.07. The smallest absolute Gasteiger partial charge is 0.327 e. The number of rotatable bonds is 3. The van der Waals surface area contributed by atoms with Gasteiger partial charge in [-0.2, -0.15) is 5.10 Å². The number of methoxy groups -OCH3 is 1. The van der Waals surface area contributed by atoms with Crippen LogP contribution in [0.3, 0.4) is 0 Å². The van der Waals surface area contributed by atoms with Crippen LogP contribution in [0.1, 0.15) is 0 Å². The number of aromatic nitrogens is 3. The normalized spacial score (nSPS) is 10.8. The van der Waals surface area contributed by atoms with Crippen molar-refractivity contribution in [2.45, 2.75) is 6.54 Å². The van der Waals surface area contributed by atoms with Gasteiger partial charge in [-0.05, 0) is 6.07 Å². The summed E-state index contributed by atoms with van der Waals surface area (Å²) in [6.07, 6.45) is 2.95. The van der Waals surface area contributed by atoms with Crippen molar-refractivity contribution in [3.05, 3.63) is 36.9 Å². The highest BCUT2D eigenvalue weighted by Crippen LogP contribution is 2.27. The third-order valence-corrected chi connectivity index (χ3v) is 2.83. The Labute approximate surface area is 108 Å². The van der Waals surface area contributed by atoms with E-state index in [4.69, 9.17) is 4.42 Å². The second kappa shape index (κ2) is 4.56. The molecule has 0 fully saturated rings. The van der Waals surface area contributed by atoms with Crippen molar-refractivity contribution in [2.24, 2.45) is 0 Å². The molecule has 6 nitrogen and oxygen atoms in total. The minimum atomic E-state index is -0.350. The van der Waals surface area contributed by atoms with Crippen molar-refractivity contribution in [1.29, 1.82) is 0 Å². The van der Waals surface area contributed by atoms with E-state index in [0.717, 1.165) is 10.9 Å². The summed E-state index contributed by atoms with van der Waals surface area (Å²) in [5.41, 5.74) is 1.51. The summed E-state index contributed by atoms with van der Waals surface area (Å²) in [4.78, 5) is 15.3. The Balaban J connectivity index is 2.16. The summed E-state index contributed by atoms with van der Waals surface area (Å²) in [6, 6.07) is 7.62. The van der Waals surface area contributed by atoms with Gasteiger partial charge in [0, 0.05) is 5.39 Å². The van der Waals surface area contributed by atoms with Gasteiger partial charge in [0.05, 0.1) is 18.8 Å². The minimum Gasteiger partial charge on any atom is -0.468 e. The molecule has 2 heterocycles. The molecule has 0 spiro atoms. The van der Waals surface area contributed by atoms with E-state index in [0.29, 0.717) is 11.5 Å². The number of oxazole rings is 1. The highest BCUT2D eigenvalue weighted by atomic mass is 16.5. The van der Waals surface area contributed by atoms with Gasteiger partial charge in [-0.1, -0.05) is 18.2 Å². The van der Waals surface area contributed by atoms with E-state index in [2.05, 4.69) is 14.8 Å². The Bertz CT molecular complexity index is 716. The summed E-state index contributed by atoms with van der Waals surface area (Å²) in [6.45, 7) is 0.0607. The van der Waals surface area contributed by atoms with Gasteiger partial charge in [0.15, 0.2) is 12.2 Å². The molecule has 0 aliphatic carbocycles. The maximum absolute atomic E-state index is 11.4. The number of carbonyl (C=O) groups excluding carboxylic acids is 1. The summed E-state index contributed by atoms with van der Waals surface area (Å²) < 4.78 is 11.5. The van der Waals surface area contributed by atoms with Crippen LogP contribution >= 0.6 is 0 Å². The van der Waals surface area contributed by atoms with Crippen molar-refractivity contribution >= 4 is 16.9 Å². The predicted octanol–water partition coefficient (Wildman–Crippen LogP) is 1.86. The molecule has 0 saturated carbocycles. The lowest BCUT2D eigenvalue weighted by Crippen LogP contribution is -2.12. The molecule has 0 aliphatic heterocycles. The van der Waals surface area contributed by atoms with Crippen LogP contribution in [0.2, 0.25) is 0 Å². The molecule has 6 heteroatoms. The zero-order chi connectivity index (χ0) is 13.2. The molecular formula is C13H11N3O3. The third-order valence-electron chi connectivity index (χ3n) is 2.83. The van der Waals surface area contributed by atoms with Crippen molar-refractivity contribution in [1.82, 2.24) is 14.8 Å². The molecule has 0 saturated heterocycles. The molecule has 0 bridgehead atoms. The molecule has 0 radical (unpaired) electrons. The average molecular weight is 257 g/mol. The lowest BCUT2D eigenvalue weighted by atomic mass is 10.2. The highest BCUT2D eigenvalue weighted by Gasteiger charge is 2.15. The maximum Gasteiger partial charge on any atom is 0.327 e. The number of ether oxygens (including phenoxy) is 1. The minimum absolute atomic E-state index is 0.0607. The fourth-order valence-electron chi connectivity index (χ4n) is 1.95. The lowest BCUT2D eigenvalue weighted by Gasteiger charge is -2.00. The van der Waals surface area contributed by atoms with Gasteiger partial charge in [0.25, 0.3) is 0 Å². The van der Waals surface area contributed by atoms with Gasteiger partial charge in [-0.25, -0.2) is 4.98 Å². The van der Waals surface area contributed by atoms with Crippen LogP contribution in [0.5, 0.6) is 0 Å². The van der Waals surface area contributed by atoms with Crippen LogP contribution in [-0.2, 0) is 16.1 Å². The number of esters is 1. The molecular weight excluding hydrogens is 246 g/mol. The van der Waals surface area contributed by atoms with E-state index in [1.807, 2.05) is 24.3 Å². The first-order valence-corrected chi connectivity index (χ1v) is 5.71. The molecule has 3 rings (SSSR count). The topological polar surface area (TPSA) is 70.2 Å². The molecule has 3 aromatic rings. The quantitative estimate of drug-likeness (QED) is 0.670. The molecule has 0 atom stereocenters. The number of hydrogen-bond donors (Lipinski definition) is 0. The van der Waals surface area contributed by atoms with Crippen molar-refractivity contribution in [2.75, 3.05) is 7.11 Å². The largest absolute Gasteiger partial charge is 0.468 e. The van der Waals surface area contributed by atoms with E-state index in [1.54, 1.807) is 10.9 Å². The maximum atomic E-state index is 11.4. The Kier molecular flexibility index (Phi) is 2.75. The Morgan fingerprint density at radius 1 is 1.42 bits per heavy atom. The SMILES string of the molecule is COC(=O)Cn1nc(-c2cnco2)c2ccccc21. The predicted molar refractivity (Wildman–Crippen MR) is 67.2 cm³/mol. The molecule has 0 aliphatic rings. The summed E-state index contributed by atoms with van der Waals surface area (Å²) in [5, 5.41) is 5.31. The second-order valence-corrected chi connectivity index (χ2v) is 3.97.